The second-order valence-corrected chi connectivity index (χ2v) is 8.15. The van der Waals surface area contributed by atoms with Crippen LogP contribution in [0.5, 0.6) is 0 Å². The van der Waals surface area contributed by atoms with Crippen LogP contribution in [0.25, 0.3) is 10.2 Å². The molecule has 1 atom stereocenters. The molecule has 2 aliphatic rings. The van der Waals surface area contributed by atoms with Crippen molar-refractivity contribution in [1.29, 1.82) is 0 Å². The van der Waals surface area contributed by atoms with E-state index in [2.05, 4.69) is 6.58 Å². The smallest absolute Gasteiger partial charge is 0.263 e. The van der Waals surface area contributed by atoms with E-state index in [1.165, 1.54) is 10.4 Å². The highest BCUT2D eigenvalue weighted by Crippen LogP contribution is 2.35. The van der Waals surface area contributed by atoms with Gasteiger partial charge in [0.15, 0.2) is 5.16 Å². The Bertz CT molecular complexity index is 803. The maximum atomic E-state index is 13.0. The van der Waals surface area contributed by atoms with Gasteiger partial charge in [-0.25, -0.2) is 4.98 Å². The minimum absolute atomic E-state index is 0.101. The first kappa shape index (κ1) is 15.4. The Morgan fingerprint density at radius 3 is 3.13 bits per heavy atom. The van der Waals surface area contributed by atoms with Crippen molar-refractivity contribution in [3.63, 3.8) is 0 Å². The fourth-order valence-corrected chi connectivity index (χ4v) is 5.78. The summed E-state index contributed by atoms with van der Waals surface area (Å²) in [6.45, 7) is 5.17. The molecule has 0 aromatic carbocycles. The van der Waals surface area contributed by atoms with Gasteiger partial charge in [0.25, 0.3) is 5.56 Å². The topological polar surface area (TPSA) is 44.1 Å². The zero-order chi connectivity index (χ0) is 15.8. The summed E-state index contributed by atoms with van der Waals surface area (Å²) in [6, 6.07) is 0. The number of thiophene rings is 1. The first-order valence-electron chi connectivity index (χ1n) is 8.18. The first-order valence-corrected chi connectivity index (χ1v) is 9.98. The maximum Gasteiger partial charge on any atom is 0.263 e. The monoisotopic (exact) mass is 348 g/mol. The van der Waals surface area contributed by atoms with Crippen LogP contribution < -0.4 is 5.56 Å². The second-order valence-electron chi connectivity index (χ2n) is 6.08. The molecule has 1 saturated heterocycles. The normalized spacial score (nSPS) is 20.3. The van der Waals surface area contributed by atoms with Crippen molar-refractivity contribution in [3.8, 4) is 0 Å². The van der Waals surface area contributed by atoms with Gasteiger partial charge in [0.05, 0.1) is 11.5 Å². The van der Waals surface area contributed by atoms with Gasteiger partial charge in [0.1, 0.15) is 4.83 Å². The van der Waals surface area contributed by atoms with Gasteiger partial charge in [-0.1, -0.05) is 17.8 Å². The lowest BCUT2D eigenvalue weighted by molar-refractivity contribution is 0.129. The highest BCUT2D eigenvalue weighted by Gasteiger charge is 2.24. The van der Waals surface area contributed by atoms with E-state index in [1.54, 1.807) is 33.7 Å². The molecule has 0 bridgehead atoms. The van der Waals surface area contributed by atoms with Crippen LogP contribution in [0, 0.1) is 0 Å². The summed E-state index contributed by atoms with van der Waals surface area (Å²) in [5.74, 6) is 0.861. The number of rotatable bonds is 5. The Hall–Kier alpha value is -1.11. The molecule has 1 fully saturated rings. The molecule has 0 amide bonds. The molecule has 0 N–H and O–H groups in total. The van der Waals surface area contributed by atoms with Crippen LogP contribution in [-0.2, 0) is 24.1 Å². The number of fused-ring (bicyclic) bond motifs is 3. The molecule has 23 heavy (non-hydrogen) atoms. The number of ether oxygens (including phenoxy) is 1. The molecule has 6 heteroatoms. The predicted octanol–water partition coefficient (Wildman–Crippen LogP) is 3.40. The van der Waals surface area contributed by atoms with Gasteiger partial charge >= 0.3 is 0 Å². The van der Waals surface area contributed by atoms with Gasteiger partial charge in [0.2, 0.25) is 0 Å². The van der Waals surface area contributed by atoms with E-state index in [4.69, 9.17) is 9.72 Å². The molecule has 2 aromatic rings. The Morgan fingerprint density at radius 2 is 2.35 bits per heavy atom. The van der Waals surface area contributed by atoms with Crippen LogP contribution in [-0.4, -0.2) is 28.0 Å². The third-order valence-electron chi connectivity index (χ3n) is 4.52. The summed E-state index contributed by atoms with van der Waals surface area (Å²) in [6.07, 6.45) is 7.57. The van der Waals surface area contributed by atoms with Gasteiger partial charge in [-0.05, 0) is 37.7 Å². The molecule has 0 radical (unpaired) electrons. The van der Waals surface area contributed by atoms with Crippen molar-refractivity contribution in [2.45, 2.75) is 49.9 Å². The molecule has 0 unspecified atom stereocenters. The predicted molar refractivity (Wildman–Crippen MR) is 95.8 cm³/mol. The Labute approximate surface area is 143 Å². The number of aryl methyl sites for hydroxylation is 2. The van der Waals surface area contributed by atoms with E-state index in [-0.39, 0.29) is 11.7 Å². The van der Waals surface area contributed by atoms with Crippen molar-refractivity contribution in [2.75, 3.05) is 12.4 Å². The molecule has 2 aromatic heterocycles. The van der Waals surface area contributed by atoms with Crippen molar-refractivity contribution in [1.82, 2.24) is 9.55 Å². The van der Waals surface area contributed by atoms with Gasteiger partial charge in [-0.15, -0.1) is 17.9 Å². The molecular formula is C17H20N2O2S2. The molecule has 4 nitrogen and oxygen atoms in total. The molecule has 122 valence electrons. The lowest BCUT2D eigenvalue weighted by atomic mass is 10.2. The highest BCUT2D eigenvalue weighted by molar-refractivity contribution is 7.99. The molecule has 0 spiro atoms. The Balaban J connectivity index is 1.74. The quantitative estimate of drug-likeness (QED) is 0.472. The number of nitrogens with zero attached hydrogens (tertiary/aromatic N) is 2. The summed E-state index contributed by atoms with van der Waals surface area (Å²) >= 11 is 3.34. The average Bonchev–Trinajstić information content (AvgIpc) is 3.24. The largest absolute Gasteiger partial charge is 0.377 e. The zero-order valence-electron chi connectivity index (χ0n) is 13.0. The third-order valence-corrected chi connectivity index (χ3v) is 6.82. The van der Waals surface area contributed by atoms with Gasteiger partial charge in [-0.3, -0.25) is 9.36 Å². The number of allylic oxidation sites excluding steroid dienone is 1. The van der Waals surface area contributed by atoms with Crippen molar-refractivity contribution in [3.05, 3.63) is 33.4 Å². The van der Waals surface area contributed by atoms with Crippen molar-refractivity contribution in [2.24, 2.45) is 0 Å². The Morgan fingerprint density at radius 1 is 1.43 bits per heavy atom. The summed E-state index contributed by atoms with van der Waals surface area (Å²) in [5.41, 5.74) is 1.35. The molecule has 1 aliphatic carbocycles. The minimum atomic E-state index is 0.101. The zero-order valence-corrected chi connectivity index (χ0v) is 14.7. The number of thioether (sulfide) groups is 1. The lowest BCUT2D eigenvalue weighted by Gasteiger charge is -2.12. The minimum Gasteiger partial charge on any atom is -0.377 e. The van der Waals surface area contributed by atoms with Crippen LogP contribution >= 0.6 is 23.1 Å². The molecule has 0 saturated carbocycles. The highest BCUT2D eigenvalue weighted by atomic mass is 32.2. The van der Waals surface area contributed by atoms with Crippen LogP contribution in [0.2, 0.25) is 0 Å². The van der Waals surface area contributed by atoms with Gasteiger partial charge in [-0.2, -0.15) is 0 Å². The molecule has 4 rings (SSSR count). The van der Waals surface area contributed by atoms with Crippen LogP contribution in [0.3, 0.4) is 0 Å². The average molecular weight is 348 g/mol. The molecular weight excluding hydrogens is 328 g/mol. The SMILES string of the molecule is C=CCn1c(SC[C@@H]2CCCO2)nc2sc3c(c2c1=O)CCC3. The van der Waals surface area contributed by atoms with Gasteiger partial charge in [0, 0.05) is 23.8 Å². The van der Waals surface area contributed by atoms with E-state index in [0.29, 0.717) is 6.54 Å². The standard InChI is InChI=1S/C17H20N2O2S2/c1-2-8-19-16(20)14-12-6-3-7-13(12)23-15(14)18-17(19)22-10-11-5-4-9-21-11/h2,11H,1,3-10H2/t11-/m0/s1. The number of hydrogen-bond acceptors (Lipinski definition) is 5. The summed E-state index contributed by atoms with van der Waals surface area (Å²) < 4.78 is 7.47. The van der Waals surface area contributed by atoms with E-state index >= 15 is 0 Å². The second kappa shape index (κ2) is 6.42. The van der Waals surface area contributed by atoms with Crippen LogP contribution in [0.15, 0.2) is 22.6 Å². The molecule has 3 heterocycles. The number of hydrogen-bond donors (Lipinski definition) is 0. The summed E-state index contributed by atoms with van der Waals surface area (Å²) in [5, 5.41) is 1.66. The van der Waals surface area contributed by atoms with Crippen molar-refractivity contribution >= 4 is 33.3 Å². The maximum absolute atomic E-state index is 13.0. The van der Waals surface area contributed by atoms with Crippen molar-refractivity contribution < 1.29 is 4.74 Å². The van der Waals surface area contributed by atoms with E-state index in [1.807, 2.05) is 0 Å². The van der Waals surface area contributed by atoms with Crippen LogP contribution in [0.1, 0.15) is 29.7 Å². The summed E-state index contributed by atoms with van der Waals surface area (Å²) in [7, 11) is 0. The van der Waals surface area contributed by atoms with E-state index < -0.39 is 0 Å². The Kier molecular flexibility index (Phi) is 4.30. The van der Waals surface area contributed by atoms with Gasteiger partial charge < -0.3 is 4.74 Å². The van der Waals surface area contributed by atoms with E-state index in [9.17, 15) is 4.79 Å². The van der Waals surface area contributed by atoms with Crippen LogP contribution in [0.4, 0.5) is 0 Å². The summed E-state index contributed by atoms with van der Waals surface area (Å²) in [4.78, 5) is 20.1. The first-order chi connectivity index (χ1) is 11.3. The lowest BCUT2D eigenvalue weighted by Crippen LogP contribution is -2.23. The fraction of sp³-hybridized carbons (Fsp3) is 0.529. The van der Waals surface area contributed by atoms with E-state index in [0.717, 1.165) is 59.8 Å². The third kappa shape index (κ3) is 2.77. The number of aromatic nitrogens is 2. The molecule has 1 aliphatic heterocycles. The fourth-order valence-electron chi connectivity index (χ4n) is 3.40.